The highest BCUT2D eigenvalue weighted by Gasteiger charge is 2.13. The highest BCUT2D eigenvalue weighted by Crippen LogP contribution is 2.29. The zero-order valence-corrected chi connectivity index (χ0v) is 17.3. The molecule has 0 saturated carbocycles. The summed E-state index contributed by atoms with van der Waals surface area (Å²) in [5, 5.41) is 6.95. The van der Waals surface area contributed by atoms with E-state index in [2.05, 4.69) is 10.5 Å². The predicted molar refractivity (Wildman–Crippen MR) is 121 cm³/mol. The summed E-state index contributed by atoms with van der Waals surface area (Å²) in [5.41, 5.74) is 8.87. The van der Waals surface area contributed by atoms with E-state index in [1.54, 1.807) is 24.3 Å². The predicted octanol–water partition coefficient (Wildman–Crippen LogP) is 3.61. The van der Waals surface area contributed by atoms with Crippen molar-refractivity contribution in [1.29, 1.82) is 0 Å². The summed E-state index contributed by atoms with van der Waals surface area (Å²) in [6.07, 6.45) is 1.47. The molecule has 0 aliphatic carbocycles. The second-order valence-corrected chi connectivity index (χ2v) is 6.90. The van der Waals surface area contributed by atoms with Crippen molar-refractivity contribution in [2.45, 2.75) is 6.92 Å². The first-order chi connectivity index (χ1) is 15.5. The van der Waals surface area contributed by atoms with Gasteiger partial charge in [-0.25, -0.2) is 5.43 Å². The fraction of sp³-hybridized carbons (Fsp3) is 0.125. The maximum Gasteiger partial charge on any atom is 0.307 e. The second kappa shape index (κ2) is 9.22. The maximum atomic E-state index is 12.5. The Kier molecular flexibility index (Phi) is 6.03. The monoisotopic (exact) mass is 431 g/mol. The summed E-state index contributed by atoms with van der Waals surface area (Å²) >= 11 is 0. The van der Waals surface area contributed by atoms with Crippen LogP contribution in [-0.2, 0) is 4.79 Å². The molecule has 4 aromatic rings. The molecule has 8 heteroatoms. The number of fused-ring (bicyclic) bond motifs is 3. The van der Waals surface area contributed by atoms with Crippen LogP contribution in [0.2, 0.25) is 0 Å². The highest BCUT2D eigenvalue weighted by atomic mass is 16.5. The average Bonchev–Trinajstić information content (AvgIpc) is 3.24. The normalized spacial score (nSPS) is 11.2. The van der Waals surface area contributed by atoms with E-state index < -0.39 is 11.8 Å². The van der Waals surface area contributed by atoms with Crippen molar-refractivity contribution in [3.63, 3.8) is 0 Å². The number of benzene rings is 3. The molecule has 0 saturated heterocycles. The van der Waals surface area contributed by atoms with E-state index in [1.807, 2.05) is 43.3 Å². The van der Waals surface area contributed by atoms with Gasteiger partial charge in [0.15, 0.2) is 23.9 Å². The molecule has 162 valence electrons. The minimum atomic E-state index is -0.584. The number of ether oxygens (including phenoxy) is 2. The smallest absolute Gasteiger partial charge is 0.307 e. The zero-order chi connectivity index (χ0) is 22.5. The quantitative estimate of drug-likeness (QED) is 0.327. The lowest BCUT2D eigenvalue weighted by Crippen LogP contribution is -2.20. The van der Waals surface area contributed by atoms with Crippen LogP contribution in [0.1, 0.15) is 23.0 Å². The Bertz CT molecular complexity index is 1330. The van der Waals surface area contributed by atoms with Crippen LogP contribution >= 0.6 is 0 Å². The SMILES string of the molecule is CCOc1cc(/C=N/NC(=O)c2cc3c(ccc4ccccc43)o2)ccc1OCC(N)=O. The van der Waals surface area contributed by atoms with Gasteiger partial charge in [0.1, 0.15) is 5.58 Å². The van der Waals surface area contributed by atoms with Crippen molar-refractivity contribution >= 4 is 39.8 Å². The van der Waals surface area contributed by atoms with Crippen LogP contribution in [0.25, 0.3) is 21.7 Å². The van der Waals surface area contributed by atoms with Crippen LogP contribution < -0.4 is 20.6 Å². The molecule has 1 heterocycles. The highest BCUT2D eigenvalue weighted by molar-refractivity contribution is 6.08. The number of nitrogens with zero attached hydrogens (tertiary/aromatic N) is 1. The number of carbonyl (C=O) groups is 2. The van der Waals surface area contributed by atoms with Gasteiger partial charge < -0.3 is 19.6 Å². The molecule has 0 unspecified atom stereocenters. The zero-order valence-electron chi connectivity index (χ0n) is 17.3. The number of nitrogens with two attached hydrogens (primary N) is 1. The second-order valence-electron chi connectivity index (χ2n) is 6.90. The molecule has 0 bridgehead atoms. The summed E-state index contributed by atoms with van der Waals surface area (Å²) < 4.78 is 16.6. The maximum absolute atomic E-state index is 12.5. The van der Waals surface area contributed by atoms with Crippen molar-refractivity contribution in [1.82, 2.24) is 5.43 Å². The van der Waals surface area contributed by atoms with Gasteiger partial charge in [0.2, 0.25) is 0 Å². The van der Waals surface area contributed by atoms with Gasteiger partial charge in [0.25, 0.3) is 5.91 Å². The molecule has 0 radical (unpaired) electrons. The Morgan fingerprint density at radius 3 is 2.69 bits per heavy atom. The van der Waals surface area contributed by atoms with Crippen molar-refractivity contribution in [3.05, 3.63) is 72.0 Å². The fourth-order valence-corrected chi connectivity index (χ4v) is 3.27. The molecular weight excluding hydrogens is 410 g/mol. The number of rotatable bonds is 8. The first kappa shape index (κ1) is 20.9. The van der Waals surface area contributed by atoms with Crippen molar-refractivity contribution in [2.75, 3.05) is 13.2 Å². The number of furan rings is 1. The number of nitrogens with one attached hydrogen (secondary N) is 1. The third kappa shape index (κ3) is 4.54. The Morgan fingerprint density at radius 1 is 1.03 bits per heavy atom. The largest absolute Gasteiger partial charge is 0.490 e. The average molecular weight is 431 g/mol. The number of hydrazone groups is 1. The number of hydrogen-bond donors (Lipinski definition) is 2. The minimum absolute atomic E-state index is 0.165. The van der Waals surface area contributed by atoms with Gasteiger partial charge in [-0.2, -0.15) is 5.10 Å². The molecule has 0 atom stereocenters. The van der Waals surface area contributed by atoms with Crippen molar-refractivity contribution < 1.29 is 23.5 Å². The number of primary amides is 1. The van der Waals surface area contributed by atoms with E-state index in [9.17, 15) is 9.59 Å². The van der Waals surface area contributed by atoms with Crippen LogP contribution in [0.3, 0.4) is 0 Å². The summed E-state index contributed by atoms with van der Waals surface area (Å²) in [6.45, 7) is 1.98. The van der Waals surface area contributed by atoms with Gasteiger partial charge in [-0.3, -0.25) is 9.59 Å². The first-order valence-corrected chi connectivity index (χ1v) is 9.98. The van der Waals surface area contributed by atoms with Gasteiger partial charge in [-0.1, -0.05) is 30.3 Å². The Hall–Kier alpha value is -4.33. The number of carbonyl (C=O) groups excluding carboxylic acids is 2. The fourth-order valence-electron chi connectivity index (χ4n) is 3.27. The third-order valence-electron chi connectivity index (χ3n) is 4.67. The molecule has 3 N–H and O–H groups in total. The van der Waals surface area contributed by atoms with Crippen molar-refractivity contribution in [3.8, 4) is 11.5 Å². The molecule has 32 heavy (non-hydrogen) atoms. The molecule has 1 aromatic heterocycles. The summed E-state index contributed by atoms with van der Waals surface area (Å²) in [7, 11) is 0. The molecule has 0 aliphatic rings. The van der Waals surface area contributed by atoms with Crippen molar-refractivity contribution in [2.24, 2.45) is 10.8 Å². The van der Waals surface area contributed by atoms with Crippen LogP contribution in [0.15, 0.2) is 70.2 Å². The van der Waals surface area contributed by atoms with E-state index >= 15 is 0 Å². The topological polar surface area (TPSA) is 116 Å². The lowest BCUT2D eigenvalue weighted by molar-refractivity contribution is -0.119. The molecule has 0 aliphatic heterocycles. The molecule has 3 aromatic carbocycles. The van der Waals surface area contributed by atoms with E-state index in [4.69, 9.17) is 19.6 Å². The first-order valence-electron chi connectivity index (χ1n) is 9.98. The lowest BCUT2D eigenvalue weighted by atomic mass is 10.1. The molecule has 4 rings (SSSR count). The Morgan fingerprint density at radius 2 is 1.88 bits per heavy atom. The van der Waals surface area contributed by atoms with Gasteiger partial charge in [0.05, 0.1) is 12.8 Å². The molecule has 0 fully saturated rings. The van der Waals surface area contributed by atoms with E-state index in [1.165, 1.54) is 6.21 Å². The Balaban J connectivity index is 1.48. The Labute approximate surface area is 183 Å². The minimum Gasteiger partial charge on any atom is -0.490 e. The summed E-state index contributed by atoms with van der Waals surface area (Å²) in [6, 6.07) is 18.4. The number of hydrogen-bond acceptors (Lipinski definition) is 6. The molecule has 8 nitrogen and oxygen atoms in total. The number of amides is 2. The van der Waals surface area contributed by atoms with E-state index in [0.717, 1.165) is 16.2 Å². The van der Waals surface area contributed by atoms with Gasteiger partial charge in [-0.05, 0) is 53.6 Å². The lowest BCUT2D eigenvalue weighted by Gasteiger charge is -2.11. The molecule has 2 amide bonds. The summed E-state index contributed by atoms with van der Waals surface area (Å²) in [4.78, 5) is 23.4. The van der Waals surface area contributed by atoms with Crippen LogP contribution in [0.5, 0.6) is 11.5 Å². The standard InChI is InChI=1S/C24H21N3O5/c1-2-30-21-11-15(7-9-20(21)31-14-23(25)28)13-26-27-24(29)22-12-18-17-6-4-3-5-16(17)8-10-19(18)32-22/h3-13H,2,14H2,1H3,(H2,25,28)(H,27,29)/b26-13+. The molecule has 0 spiro atoms. The molecular formula is C24H21N3O5. The third-order valence-corrected chi connectivity index (χ3v) is 4.67. The van der Waals surface area contributed by atoms with Crippen LogP contribution in [0.4, 0.5) is 0 Å². The van der Waals surface area contributed by atoms with E-state index in [0.29, 0.717) is 29.3 Å². The van der Waals surface area contributed by atoms with Gasteiger partial charge in [0, 0.05) is 5.39 Å². The van der Waals surface area contributed by atoms with Gasteiger partial charge >= 0.3 is 5.91 Å². The van der Waals surface area contributed by atoms with E-state index in [-0.39, 0.29) is 12.4 Å². The van der Waals surface area contributed by atoms with Gasteiger partial charge in [-0.15, -0.1) is 0 Å². The van der Waals surface area contributed by atoms with Crippen LogP contribution in [-0.4, -0.2) is 31.2 Å². The van der Waals surface area contributed by atoms with Crippen LogP contribution in [0, 0.1) is 0 Å². The summed E-state index contributed by atoms with van der Waals surface area (Å²) in [5.74, 6) is -0.0550.